The van der Waals surface area contributed by atoms with Crippen molar-refractivity contribution in [3.05, 3.63) is 23.8 Å². The van der Waals surface area contributed by atoms with Gasteiger partial charge in [0.2, 0.25) is 0 Å². The van der Waals surface area contributed by atoms with E-state index in [2.05, 4.69) is 10.1 Å². The predicted molar refractivity (Wildman–Crippen MR) is 68.4 cm³/mol. The summed E-state index contributed by atoms with van der Waals surface area (Å²) >= 11 is 0. The zero-order valence-corrected chi connectivity index (χ0v) is 11.1. The molecule has 1 N–H and O–H groups in total. The van der Waals surface area contributed by atoms with E-state index in [1.807, 2.05) is 0 Å². The largest absolute Gasteiger partial charge is 0.493 e. The zero-order valence-electron chi connectivity index (χ0n) is 11.1. The third-order valence-corrected chi connectivity index (χ3v) is 3.03. The summed E-state index contributed by atoms with van der Waals surface area (Å²) in [6.45, 7) is -0.329. The van der Waals surface area contributed by atoms with Gasteiger partial charge >= 0.3 is 6.61 Å². The minimum absolute atomic E-state index is 0.136. The first-order valence-electron chi connectivity index (χ1n) is 6.24. The number of methoxy groups -OCH3 is 1. The molecule has 2 rings (SSSR count). The molecule has 0 aromatic heterocycles. The molecular formula is C13H16F2N2O3. The summed E-state index contributed by atoms with van der Waals surface area (Å²) in [5.41, 5.74) is 0.309. The number of ether oxygens (including phenoxy) is 2. The standard InChI is InChI=1S/C13H16F2N2O3/c1-19-10-3-2-9(8-11(10)20-13(14)15)12(18)17-6-4-16-5-7-17/h2-3,8,13,16H,4-7H2,1H3. The Balaban J connectivity index is 2.20. The fraction of sp³-hybridized carbons (Fsp3) is 0.462. The Hall–Kier alpha value is -1.89. The lowest BCUT2D eigenvalue weighted by molar-refractivity contribution is -0.0512. The van der Waals surface area contributed by atoms with Crippen molar-refractivity contribution < 1.29 is 23.0 Å². The second kappa shape index (κ2) is 6.51. The molecule has 1 aliphatic rings. The third kappa shape index (κ3) is 3.36. The Morgan fingerprint density at radius 3 is 2.60 bits per heavy atom. The van der Waals surface area contributed by atoms with Crippen LogP contribution in [0, 0.1) is 0 Å². The molecule has 0 saturated carbocycles. The van der Waals surface area contributed by atoms with E-state index in [4.69, 9.17) is 4.74 Å². The third-order valence-electron chi connectivity index (χ3n) is 3.03. The van der Waals surface area contributed by atoms with Crippen LogP contribution in [0.25, 0.3) is 0 Å². The number of halogens is 2. The van der Waals surface area contributed by atoms with Crippen molar-refractivity contribution in [3.63, 3.8) is 0 Å². The molecule has 1 aromatic carbocycles. The van der Waals surface area contributed by atoms with Crippen molar-refractivity contribution in [2.24, 2.45) is 0 Å². The fourth-order valence-electron chi connectivity index (χ4n) is 2.05. The molecular weight excluding hydrogens is 270 g/mol. The summed E-state index contributed by atoms with van der Waals surface area (Å²) in [5, 5.41) is 3.14. The first-order valence-corrected chi connectivity index (χ1v) is 6.24. The molecule has 1 saturated heterocycles. The highest BCUT2D eigenvalue weighted by molar-refractivity contribution is 5.95. The fourth-order valence-corrected chi connectivity index (χ4v) is 2.05. The smallest absolute Gasteiger partial charge is 0.387 e. The number of nitrogens with zero attached hydrogens (tertiary/aromatic N) is 1. The van der Waals surface area contributed by atoms with Crippen LogP contribution in [-0.4, -0.2) is 50.7 Å². The summed E-state index contributed by atoms with van der Waals surface area (Å²) in [5.74, 6) is -0.168. The van der Waals surface area contributed by atoms with Crippen molar-refractivity contribution in [2.45, 2.75) is 6.61 Å². The van der Waals surface area contributed by atoms with Crippen LogP contribution in [0.1, 0.15) is 10.4 Å². The minimum atomic E-state index is -2.96. The van der Waals surface area contributed by atoms with Gasteiger partial charge in [-0.2, -0.15) is 8.78 Å². The summed E-state index contributed by atoms with van der Waals surface area (Å²) in [7, 11) is 1.35. The van der Waals surface area contributed by atoms with Crippen molar-refractivity contribution >= 4 is 5.91 Å². The van der Waals surface area contributed by atoms with E-state index >= 15 is 0 Å². The molecule has 20 heavy (non-hydrogen) atoms. The van der Waals surface area contributed by atoms with E-state index in [0.29, 0.717) is 18.7 Å². The van der Waals surface area contributed by atoms with Crippen LogP contribution in [0.3, 0.4) is 0 Å². The molecule has 0 atom stereocenters. The Morgan fingerprint density at radius 1 is 1.30 bits per heavy atom. The molecule has 1 fully saturated rings. The van der Waals surface area contributed by atoms with Crippen molar-refractivity contribution in [3.8, 4) is 11.5 Å². The number of hydrogen-bond acceptors (Lipinski definition) is 4. The molecule has 5 nitrogen and oxygen atoms in total. The number of nitrogens with one attached hydrogen (secondary N) is 1. The Bertz CT molecular complexity index is 477. The van der Waals surface area contributed by atoms with E-state index in [9.17, 15) is 13.6 Å². The van der Waals surface area contributed by atoms with Crippen molar-refractivity contribution in [1.29, 1.82) is 0 Å². The Labute approximate surface area is 115 Å². The SMILES string of the molecule is COc1ccc(C(=O)N2CCNCC2)cc1OC(F)F. The highest BCUT2D eigenvalue weighted by Crippen LogP contribution is 2.29. The molecule has 1 heterocycles. The van der Waals surface area contributed by atoms with Crippen LogP contribution in [0.4, 0.5) is 8.78 Å². The molecule has 1 aliphatic heterocycles. The molecule has 0 radical (unpaired) electrons. The second-order valence-electron chi connectivity index (χ2n) is 4.29. The van der Waals surface area contributed by atoms with Gasteiger partial charge in [-0.25, -0.2) is 0 Å². The molecule has 0 bridgehead atoms. The number of carbonyl (C=O) groups is 1. The molecule has 7 heteroatoms. The van der Waals surface area contributed by atoms with Gasteiger partial charge in [-0.3, -0.25) is 4.79 Å². The van der Waals surface area contributed by atoms with Crippen LogP contribution in [0.15, 0.2) is 18.2 Å². The van der Waals surface area contributed by atoms with Crippen molar-refractivity contribution in [2.75, 3.05) is 33.3 Å². The first-order chi connectivity index (χ1) is 9.61. The number of rotatable bonds is 4. The highest BCUT2D eigenvalue weighted by atomic mass is 19.3. The van der Waals surface area contributed by atoms with Crippen LogP contribution >= 0.6 is 0 Å². The van der Waals surface area contributed by atoms with Crippen LogP contribution in [0.5, 0.6) is 11.5 Å². The van der Waals surface area contributed by atoms with Gasteiger partial charge in [-0.05, 0) is 18.2 Å². The molecule has 1 amide bonds. The zero-order chi connectivity index (χ0) is 14.5. The van der Waals surface area contributed by atoms with Gasteiger partial charge < -0.3 is 19.7 Å². The lowest BCUT2D eigenvalue weighted by atomic mass is 10.1. The Kier molecular flexibility index (Phi) is 4.73. The van der Waals surface area contributed by atoms with Gasteiger partial charge in [0.25, 0.3) is 5.91 Å². The van der Waals surface area contributed by atoms with Gasteiger partial charge in [-0.1, -0.05) is 0 Å². The number of amides is 1. The number of carbonyl (C=O) groups excluding carboxylic acids is 1. The average molecular weight is 286 g/mol. The Morgan fingerprint density at radius 2 is 2.00 bits per heavy atom. The minimum Gasteiger partial charge on any atom is -0.493 e. The number of alkyl halides is 2. The first kappa shape index (κ1) is 14.5. The molecule has 0 unspecified atom stereocenters. The van der Waals surface area contributed by atoms with Crippen LogP contribution in [-0.2, 0) is 0 Å². The predicted octanol–water partition coefficient (Wildman–Crippen LogP) is 1.34. The lowest BCUT2D eigenvalue weighted by Gasteiger charge is -2.27. The lowest BCUT2D eigenvalue weighted by Crippen LogP contribution is -2.46. The van der Waals surface area contributed by atoms with E-state index in [1.54, 1.807) is 11.0 Å². The molecule has 0 spiro atoms. The van der Waals surface area contributed by atoms with Crippen LogP contribution in [0.2, 0.25) is 0 Å². The molecule has 1 aromatic rings. The van der Waals surface area contributed by atoms with E-state index in [-0.39, 0.29) is 17.4 Å². The normalized spacial score (nSPS) is 15.3. The number of piperazine rings is 1. The molecule has 0 aliphatic carbocycles. The van der Waals surface area contributed by atoms with Gasteiger partial charge in [0.05, 0.1) is 7.11 Å². The van der Waals surface area contributed by atoms with E-state index in [1.165, 1.54) is 19.2 Å². The number of benzene rings is 1. The van der Waals surface area contributed by atoms with Crippen LogP contribution < -0.4 is 14.8 Å². The van der Waals surface area contributed by atoms with E-state index < -0.39 is 6.61 Å². The van der Waals surface area contributed by atoms with Crippen molar-refractivity contribution in [1.82, 2.24) is 10.2 Å². The maximum absolute atomic E-state index is 12.3. The highest BCUT2D eigenvalue weighted by Gasteiger charge is 2.20. The molecule has 110 valence electrons. The second-order valence-corrected chi connectivity index (χ2v) is 4.29. The maximum atomic E-state index is 12.3. The van der Waals surface area contributed by atoms with Gasteiger partial charge in [0, 0.05) is 31.7 Å². The van der Waals surface area contributed by atoms with Gasteiger partial charge in [0.1, 0.15) is 0 Å². The number of hydrogen-bond donors (Lipinski definition) is 1. The summed E-state index contributed by atoms with van der Waals surface area (Å²) in [4.78, 5) is 13.9. The van der Waals surface area contributed by atoms with Gasteiger partial charge in [-0.15, -0.1) is 0 Å². The monoisotopic (exact) mass is 286 g/mol. The maximum Gasteiger partial charge on any atom is 0.387 e. The van der Waals surface area contributed by atoms with E-state index in [0.717, 1.165) is 13.1 Å². The topological polar surface area (TPSA) is 50.8 Å². The van der Waals surface area contributed by atoms with Gasteiger partial charge in [0.15, 0.2) is 11.5 Å². The summed E-state index contributed by atoms with van der Waals surface area (Å²) < 4.78 is 34.0. The summed E-state index contributed by atoms with van der Waals surface area (Å²) in [6, 6.07) is 4.28. The summed E-state index contributed by atoms with van der Waals surface area (Å²) in [6.07, 6.45) is 0. The quantitative estimate of drug-likeness (QED) is 0.907. The average Bonchev–Trinajstić information content (AvgIpc) is 2.46.